The normalized spacial score (nSPS) is 18.6. The molecule has 1 saturated heterocycles. The van der Waals surface area contributed by atoms with E-state index in [-0.39, 0.29) is 0 Å². The third-order valence-corrected chi connectivity index (χ3v) is 4.96. The summed E-state index contributed by atoms with van der Waals surface area (Å²) >= 11 is 8.15. The van der Waals surface area contributed by atoms with Crippen LogP contribution in [-0.2, 0) is 0 Å². The molecule has 2 N–H and O–H groups in total. The average Bonchev–Trinajstić information content (AvgIpc) is 2.41. The molecule has 0 saturated carbocycles. The lowest BCUT2D eigenvalue weighted by atomic mass is 9.82. The van der Waals surface area contributed by atoms with Crippen LogP contribution in [-0.4, -0.2) is 25.2 Å². The van der Waals surface area contributed by atoms with E-state index < -0.39 is 0 Å². The Labute approximate surface area is 118 Å². The van der Waals surface area contributed by atoms with Crippen LogP contribution in [0.2, 0.25) is 5.02 Å². The Balaban J connectivity index is 2.27. The van der Waals surface area contributed by atoms with Gasteiger partial charge in [0.2, 0.25) is 0 Å². The van der Waals surface area contributed by atoms with E-state index in [9.17, 15) is 0 Å². The zero-order valence-electron chi connectivity index (χ0n) is 10.7. The topological polar surface area (TPSA) is 35.2 Å². The van der Waals surface area contributed by atoms with Gasteiger partial charge < -0.3 is 10.5 Å². The second-order valence-corrected chi connectivity index (χ2v) is 6.34. The van der Waals surface area contributed by atoms with Crippen LogP contribution in [0.15, 0.2) is 18.2 Å². The zero-order chi connectivity index (χ0) is 13.0. The maximum atomic E-state index is 6.11. The number of halogens is 1. The van der Waals surface area contributed by atoms with Crippen molar-refractivity contribution in [1.82, 2.24) is 0 Å². The molecular formula is C14H20ClNOS. The van der Waals surface area contributed by atoms with Gasteiger partial charge in [0.15, 0.2) is 0 Å². The molecule has 18 heavy (non-hydrogen) atoms. The first-order chi connectivity index (χ1) is 8.76. The van der Waals surface area contributed by atoms with E-state index in [2.05, 4.69) is 0 Å². The minimum atomic E-state index is 0.361. The summed E-state index contributed by atoms with van der Waals surface area (Å²) in [7, 11) is 1.71. The third-order valence-electron chi connectivity index (χ3n) is 3.68. The molecular weight excluding hydrogens is 266 g/mol. The van der Waals surface area contributed by atoms with E-state index in [0.717, 1.165) is 10.8 Å². The van der Waals surface area contributed by atoms with Gasteiger partial charge in [0.05, 0.1) is 7.11 Å². The van der Waals surface area contributed by atoms with Crippen molar-refractivity contribution >= 4 is 23.4 Å². The molecule has 0 amide bonds. The van der Waals surface area contributed by atoms with Crippen molar-refractivity contribution in [3.05, 3.63) is 28.8 Å². The van der Waals surface area contributed by atoms with Crippen LogP contribution >= 0.6 is 23.4 Å². The predicted molar refractivity (Wildman–Crippen MR) is 79.8 cm³/mol. The number of rotatable bonds is 4. The molecule has 2 rings (SSSR count). The van der Waals surface area contributed by atoms with Gasteiger partial charge >= 0.3 is 0 Å². The second kappa shape index (κ2) is 6.69. The van der Waals surface area contributed by atoms with Crippen molar-refractivity contribution in [2.75, 3.05) is 25.2 Å². The quantitative estimate of drug-likeness (QED) is 0.919. The fourth-order valence-corrected chi connectivity index (χ4v) is 4.01. The van der Waals surface area contributed by atoms with Gasteiger partial charge in [0, 0.05) is 16.5 Å². The van der Waals surface area contributed by atoms with E-state index in [0.29, 0.717) is 18.4 Å². The Morgan fingerprint density at radius 1 is 1.44 bits per heavy atom. The summed E-state index contributed by atoms with van der Waals surface area (Å²) in [5.74, 6) is 4.41. The predicted octanol–water partition coefficient (Wildman–Crippen LogP) is 3.53. The SMILES string of the molecule is COc1ccc(Cl)cc1C(CN)C1CCSCC1. The molecule has 0 radical (unpaired) electrons. The van der Waals surface area contributed by atoms with Gasteiger partial charge in [-0.15, -0.1) is 0 Å². The lowest BCUT2D eigenvalue weighted by Gasteiger charge is -2.30. The highest BCUT2D eigenvalue weighted by Crippen LogP contribution is 2.39. The Kier molecular flexibility index (Phi) is 5.22. The summed E-state index contributed by atoms with van der Waals surface area (Å²) in [6.45, 7) is 0.659. The minimum absolute atomic E-state index is 0.361. The fourth-order valence-electron chi connectivity index (χ4n) is 2.69. The van der Waals surface area contributed by atoms with Crippen LogP contribution in [0.4, 0.5) is 0 Å². The molecule has 1 unspecified atom stereocenters. The molecule has 0 aliphatic carbocycles. The van der Waals surface area contributed by atoms with Crippen molar-refractivity contribution in [1.29, 1.82) is 0 Å². The van der Waals surface area contributed by atoms with Crippen LogP contribution in [0, 0.1) is 5.92 Å². The molecule has 1 atom stereocenters. The van der Waals surface area contributed by atoms with Gasteiger partial charge in [-0.3, -0.25) is 0 Å². The molecule has 1 aromatic rings. The van der Waals surface area contributed by atoms with E-state index in [1.165, 1.54) is 29.9 Å². The number of nitrogens with two attached hydrogens (primary N) is 1. The minimum Gasteiger partial charge on any atom is -0.496 e. The molecule has 0 aromatic heterocycles. The van der Waals surface area contributed by atoms with Crippen LogP contribution in [0.25, 0.3) is 0 Å². The molecule has 0 bridgehead atoms. The van der Waals surface area contributed by atoms with E-state index in [1.54, 1.807) is 7.11 Å². The standard InChI is InChI=1S/C14H20ClNOS/c1-17-14-3-2-11(15)8-12(14)13(9-16)10-4-6-18-7-5-10/h2-3,8,10,13H,4-7,9,16H2,1H3. The molecule has 1 aliphatic heterocycles. The molecule has 1 aromatic carbocycles. The summed E-state index contributed by atoms with van der Waals surface area (Å²) in [6, 6.07) is 5.83. The number of hydrogen-bond acceptors (Lipinski definition) is 3. The van der Waals surface area contributed by atoms with Crippen molar-refractivity contribution < 1.29 is 4.74 Å². The van der Waals surface area contributed by atoms with Gasteiger partial charge in [-0.25, -0.2) is 0 Å². The Hall–Kier alpha value is -0.380. The second-order valence-electron chi connectivity index (χ2n) is 4.68. The molecule has 2 nitrogen and oxygen atoms in total. The molecule has 0 spiro atoms. The molecule has 100 valence electrons. The maximum Gasteiger partial charge on any atom is 0.122 e. The highest BCUT2D eigenvalue weighted by Gasteiger charge is 2.26. The third kappa shape index (κ3) is 3.14. The number of hydrogen-bond donors (Lipinski definition) is 1. The average molecular weight is 286 g/mol. The zero-order valence-corrected chi connectivity index (χ0v) is 12.3. The van der Waals surface area contributed by atoms with Gasteiger partial charge in [0.25, 0.3) is 0 Å². The Morgan fingerprint density at radius 2 is 2.17 bits per heavy atom. The number of ether oxygens (including phenoxy) is 1. The molecule has 1 aliphatic rings. The van der Waals surface area contributed by atoms with Crippen molar-refractivity contribution in [2.45, 2.75) is 18.8 Å². The summed E-state index contributed by atoms with van der Waals surface area (Å²) in [6.07, 6.45) is 2.48. The van der Waals surface area contributed by atoms with Crippen molar-refractivity contribution in [2.24, 2.45) is 11.7 Å². The van der Waals surface area contributed by atoms with Crippen LogP contribution in [0.5, 0.6) is 5.75 Å². The van der Waals surface area contributed by atoms with Gasteiger partial charge in [-0.05, 0) is 55.0 Å². The van der Waals surface area contributed by atoms with Crippen LogP contribution in [0.3, 0.4) is 0 Å². The Bertz CT molecular complexity index is 393. The highest BCUT2D eigenvalue weighted by molar-refractivity contribution is 7.99. The molecule has 1 fully saturated rings. The fraction of sp³-hybridized carbons (Fsp3) is 0.571. The molecule has 1 heterocycles. The summed E-state index contributed by atoms with van der Waals surface area (Å²) in [5.41, 5.74) is 7.17. The largest absolute Gasteiger partial charge is 0.496 e. The number of methoxy groups -OCH3 is 1. The van der Waals surface area contributed by atoms with Crippen LogP contribution < -0.4 is 10.5 Å². The van der Waals surface area contributed by atoms with Crippen molar-refractivity contribution in [3.8, 4) is 5.75 Å². The first-order valence-electron chi connectivity index (χ1n) is 6.37. The van der Waals surface area contributed by atoms with Gasteiger partial charge in [0.1, 0.15) is 5.75 Å². The monoisotopic (exact) mass is 285 g/mol. The highest BCUT2D eigenvalue weighted by atomic mass is 35.5. The van der Waals surface area contributed by atoms with Crippen LogP contribution in [0.1, 0.15) is 24.3 Å². The van der Waals surface area contributed by atoms with Gasteiger partial charge in [-0.1, -0.05) is 11.6 Å². The Morgan fingerprint density at radius 3 is 2.78 bits per heavy atom. The van der Waals surface area contributed by atoms with E-state index >= 15 is 0 Å². The summed E-state index contributed by atoms with van der Waals surface area (Å²) in [5, 5.41) is 0.759. The number of benzene rings is 1. The number of thioether (sulfide) groups is 1. The van der Waals surface area contributed by atoms with Gasteiger partial charge in [-0.2, -0.15) is 11.8 Å². The lowest BCUT2D eigenvalue weighted by molar-refractivity contribution is 0.369. The smallest absolute Gasteiger partial charge is 0.122 e. The van der Waals surface area contributed by atoms with Crippen molar-refractivity contribution in [3.63, 3.8) is 0 Å². The van der Waals surface area contributed by atoms with E-state index in [1.807, 2.05) is 30.0 Å². The molecule has 4 heteroatoms. The summed E-state index contributed by atoms with van der Waals surface area (Å²) < 4.78 is 5.45. The van der Waals surface area contributed by atoms with E-state index in [4.69, 9.17) is 22.1 Å². The first-order valence-corrected chi connectivity index (χ1v) is 7.90. The first kappa shape index (κ1) is 14.0. The lowest BCUT2D eigenvalue weighted by Crippen LogP contribution is -2.25. The summed E-state index contributed by atoms with van der Waals surface area (Å²) in [4.78, 5) is 0. The maximum absolute atomic E-state index is 6.11.